The number of rotatable bonds is 8. The summed E-state index contributed by atoms with van der Waals surface area (Å²) in [6.45, 7) is 4.32. The second-order valence-corrected chi connectivity index (χ2v) is 6.29. The van der Waals surface area contributed by atoms with Gasteiger partial charge in [-0.2, -0.15) is 0 Å². The van der Waals surface area contributed by atoms with Gasteiger partial charge in [0.2, 0.25) is 0 Å². The molecule has 2 N–H and O–H groups in total. The first kappa shape index (κ1) is 20.2. The maximum atomic E-state index is 12.7. The van der Waals surface area contributed by atoms with E-state index < -0.39 is 5.97 Å². The molecular formula is C21H23NO5. The van der Waals surface area contributed by atoms with Gasteiger partial charge in [0.15, 0.2) is 5.78 Å². The van der Waals surface area contributed by atoms with Gasteiger partial charge in [0.05, 0.1) is 19.1 Å². The average Bonchev–Trinajstić information content (AvgIpc) is 2.64. The lowest BCUT2D eigenvalue weighted by Gasteiger charge is -2.13. The molecule has 6 nitrogen and oxygen atoms in total. The van der Waals surface area contributed by atoms with Gasteiger partial charge in [0.25, 0.3) is 5.91 Å². The van der Waals surface area contributed by atoms with Crippen molar-refractivity contribution in [3.8, 4) is 5.75 Å². The summed E-state index contributed by atoms with van der Waals surface area (Å²) in [5.41, 5.74) is 3.73. The Morgan fingerprint density at radius 2 is 1.70 bits per heavy atom. The third kappa shape index (κ3) is 5.17. The smallest absolute Gasteiger partial charge is 0.303 e. The molecule has 0 radical (unpaired) electrons. The highest BCUT2D eigenvalue weighted by atomic mass is 16.5. The number of Topliss-reactive ketones (excluding diaryl/α,β-unsaturated/α-hetero) is 1. The molecule has 0 heterocycles. The molecule has 2 aromatic rings. The predicted octanol–water partition coefficient (Wildman–Crippen LogP) is 3.29. The van der Waals surface area contributed by atoms with Crippen molar-refractivity contribution in [1.29, 1.82) is 0 Å². The highest BCUT2D eigenvalue weighted by Crippen LogP contribution is 2.22. The van der Waals surface area contributed by atoms with Gasteiger partial charge in [0, 0.05) is 18.5 Å². The quantitative estimate of drug-likeness (QED) is 0.697. The van der Waals surface area contributed by atoms with Crippen LogP contribution in [0.2, 0.25) is 0 Å². The van der Waals surface area contributed by atoms with Gasteiger partial charge in [0.1, 0.15) is 5.75 Å². The molecule has 0 aliphatic carbocycles. The van der Waals surface area contributed by atoms with Crippen molar-refractivity contribution in [1.82, 2.24) is 5.32 Å². The van der Waals surface area contributed by atoms with Crippen LogP contribution in [-0.4, -0.2) is 29.9 Å². The lowest BCUT2D eigenvalue weighted by atomic mass is 10.0. The number of methoxy groups -OCH3 is 1. The zero-order chi connectivity index (χ0) is 20.0. The van der Waals surface area contributed by atoms with Gasteiger partial charge in [-0.25, -0.2) is 0 Å². The maximum Gasteiger partial charge on any atom is 0.303 e. The summed E-state index contributed by atoms with van der Waals surface area (Å²) < 4.78 is 5.23. The second-order valence-electron chi connectivity index (χ2n) is 6.29. The minimum atomic E-state index is -1.04. The number of aliphatic carboxylic acids is 1. The van der Waals surface area contributed by atoms with E-state index in [0.717, 1.165) is 16.7 Å². The molecule has 0 fully saturated rings. The molecule has 6 heteroatoms. The zero-order valence-corrected chi connectivity index (χ0v) is 15.7. The van der Waals surface area contributed by atoms with Crippen LogP contribution >= 0.6 is 0 Å². The van der Waals surface area contributed by atoms with Crippen LogP contribution in [0.3, 0.4) is 0 Å². The van der Waals surface area contributed by atoms with E-state index in [1.807, 2.05) is 32.0 Å². The Morgan fingerprint density at radius 3 is 2.30 bits per heavy atom. The number of carbonyl (C=O) groups excluding carboxylic acids is 2. The number of hydrogen-bond acceptors (Lipinski definition) is 4. The van der Waals surface area contributed by atoms with Crippen LogP contribution < -0.4 is 10.1 Å². The van der Waals surface area contributed by atoms with Crippen LogP contribution in [-0.2, 0) is 11.3 Å². The number of aryl methyl sites for hydroxylation is 2. The summed E-state index contributed by atoms with van der Waals surface area (Å²) in [7, 11) is 1.45. The molecule has 27 heavy (non-hydrogen) atoms. The molecule has 2 aromatic carbocycles. The van der Waals surface area contributed by atoms with E-state index >= 15 is 0 Å². The van der Waals surface area contributed by atoms with Crippen molar-refractivity contribution in [3.63, 3.8) is 0 Å². The number of ether oxygens (including phenoxy) is 1. The Morgan fingerprint density at radius 1 is 1.04 bits per heavy atom. The third-order valence-corrected chi connectivity index (χ3v) is 4.40. The molecule has 0 aromatic heterocycles. The molecule has 0 bridgehead atoms. The van der Waals surface area contributed by atoms with E-state index in [-0.39, 0.29) is 35.7 Å². The molecule has 0 saturated carbocycles. The first-order chi connectivity index (χ1) is 12.8. The van der Waals surface area contributed by atoms with Crippen LogP contribution in [0.15, 0.2) is 36.4 Å². The second kappa shape index (κ2) is 8.98. The topological polar surface area (TPSA) is 92.7 Å². The molecule has 0 aliphatic rings. The molecule has 0 saturated heterocycles. The Bertz CT molecular complexity index is 853. The Hall–Kier alpha value is -3.15. The molecule has 0 aliphatic heterocycles. The van der Waals surface area contributed by atoms with Crippen molar-refractivity contribution in [3.05, 3.63) is 64.2 Å². The zero-order valence-electron chi connectivity index (χ0n) is 15.7. The molecule has 0 unspecified atom stereocenters. The maximum absolute atomic E-state index is 12.7. The first-order valence-corrected chi connectivity index (χ1v) is 8.59. The largest absolute Gasteiger partial charge is 0.496 e. The number of amides is 1. The number of ketones is 1. The Kier molecular flexibility index (Phi) is 6.71. The highest BCUT2D eigenvalue weighted by molar-refractivity contribution is 6.02. The molecule has 0 atom stereocenters. The summed E-state index contributed by atoms with van der Waals surface area (Å²) in [5.74, 6) is -1.38. The number of benzene rings is 2. The van der Waals surface area contributed by atoms with Gasteiger partial charge in [-0.3, -0.25) is 14.4 Å². The lowest BCUT2D eigenvalue weighted by molar-refractivity contribution is -0.136. The minimum absolute atomic E-state index is 0.120. The molecule has 142 valence electrons. The van der Waals surface area contributed by atoms with Crippen LogP contribution in [0.5, 0.6) is 5.75 Å². The van der Waals surface area contributed by atoms with Gasteiger partial charge < -0.3 is 15.2 Å². The Balaban J connectivity index is 2.19. The summed E-state index contributed by atoms with van der Waals surface area (Å²) in [5, 5.41) is 11.6. The van der Waals surface area contributed by atoms with E-state index in [2.05, 4.69) is 5.32 Å². The highest BCUT2D eigenvalue weighted by Gasteiger charge is 2.17. The third-order valence-electron chi connectivity index (χ3n) is 4.40. The Labute approximate surface area is 158 Å². The van der Waals surface area contributed by atoms with E-state index in [9.17, 15) is 14.4 Å². The number of carboxylic acid groups (broad SMARTS) is 1. The summed E-state index contributed by atoms with van der Waals surface area (Å²) >= 11 is 0. The van der Waals surface area contributed by atoms with Crippen LogP contribution in [0, 0.1) is 13.8 Å². The van der Waals surface area contributed by atoms with Crippen molar-refractivity contribution >= 4 is 17.7 Å². The van der Waals surface area contributed by atoms with E-state index in [1.54, 1.807) is 6.07 Å². The van der Waals surface area contributed by atoms with Crippen LogP contribution in [0.4, 0.5) is 0 Å². The fourth-order valence-corrected chi connectivity index (χ4v) is 2.82. The fourth-order valence-electron chi connectivity index (χ4n) is 2.82. The number of carbonyl (C=O) groups is 3. The molecule has 1 amide bonds. The molecule has 2 rings (SSSR count). The van der Waals surface area contributed by atoms with E-state index in [0.29, 0.717) is 12.3 Å². The van der Waals surface area contributed by atoms with Gasteiger partial charge >= 0.3 is 5.97 Å². The van der Waals surface area contributed by atoms with Gasteiger partial charge in [-0.05, 0) is 48.7 Å². The fraction of sp³-hybridized carbons (Fsp3) is 0.286. The van der Waals surface area contributed by atoms with Crippen molar-refractivity contribution < 1.29 is 24.2 Å². The van der Waals surface area contributed by atoms with E-state index in [1.165, 1.54) is 19.2 Å². The molecular weight excluding hydrogens is 346 g/mol. The number of nitrogens with one attached hydrogen (secondary N) is 1. The van der Waals surface area contributed by atoms with Crippen LogP contribution in [0.1, 0.15) is 50.2 Å². The minimum Gasteiger partial charge on any atom is -0.496 e. The summed E-state index contributed by atoms with van der Waals surface area (Å²) in [6, 6.07) is 10.5. The summed E-state index contributed by atoms with van der Waals surface area (Å²) in [6.07, 6.45) is -0.371. The normalized spacial score (nSPS) is 10.3. The lowest BCUT2D eigenvalue weighted by Crippen LogP contribution is -2.24. The van der Waals surface area contributed by atoms with Crippen molar-refractivity contribution in [2.75, 3.05) is 7.11 Å². The number of hydrogen-bond donors (Lipinski definition) is 2. The van der Waals surface area contributed by atoms with Crippen molar-refractivity contribution in [2.45, 2.75) is 33.2 Å². The first-order valence-electron chi connectivity index (χ1n) is 8.59. The monoisotopic (exact) mass is 369 g/mol. The van der Waals surface area contributed by atoms with Gasteiger partial charge in [-0.1, -0.05) is 18.2 Å². The molecule has 0 spiro atoms. The van der Waals surface area contributed by atoms with Crippen LogP contribution in [0.25, 0.3) is 0 Å². The average molecular weight is 369 g/mol. The standard InChI is InChI=1S/C21H23NO5/c1-13-5-4-6-14(2)17(13)12-22-21(26)16-11-15(7-9-19(16)27-3)18(23)8-10-20(24)25/h4-7,9,11H,8,10,12H2,1-3H3,(H,22,26)(H,24,25). The summed E-state index contributed by atoms with van der Waals surface area (Å²) in [4.78, 5) is 35.5. The van der Waals surface area contributed by atoms with Crippen molar-refractivity contribution in [2.24, 2.45) is 0 Å². The number of carboxylic acids is 1. The van der Waals surface area contributed by atoms with Gasteiger partial charge in [-0.15, -0.1) is 0 Å². The SMILES string of the molecule is COc1ccc(C(=O)CCC(=O)O)cc1C(=O)NCc1c(C)cccc1C. The van der Waals surface area contributed by atoms with E-state index in [4.69, 9.17) is 9.84 Å². The predicted molar refractivity (Wildman–Crippen MR) is 101 cm³/mol.